The van der Waals surface area contributed by atoms with Gasteiger partial charge in [-0.25, -0.2) is 0 Å². The summed E-state index contributed by atoms with van der Waals surface area (Å²) in [6, 6.07) is 1.60. The monoisotopic (exact) mass is 196 g/mol. The van der Waals surface area contributed by atoms with E-state index in [9.17, 15) is 0 Å². The van der Waals surface area contributed by atoms with E-state index in [0.717, 1.165) is 23.9 Å². The fourth-order valence-corrected chi connectivity index (χ4v) is 2.69. The van der Waals surface area contributed by atoms with Crippen LogP contribution in [0.4, 0.5) is 0 Å². The Morgan fingerprint density at radius 3 is 2.86 bits per heavy atom. The van der Waals surface area contributed by atoms with Crippen LogP contribution in [0.15, 0.2) is 0 Å². The lowest BCUT2D eigenvalue weighted by atomic mass is 9.93. The van der Waals surface area contributed by atoms with Gasteiger partial charge in [0.1, 0.15) is 0 Å². The van der Waals surface area contributed by atoms with Crippen LogP contribution in [-0.4, -0.2) is 25.2 Å². The topological polar surface area (TPSA) is 24.1 Å². The average Bonchev–Trinajstić information content (AvgIpc) is 2.93. The molecular weight excluding hydrogens is 172 g/mol. The van der Waals surface area contributed by atoms with E-state index < -0.39 is 0 Å². The summed E-state index contributed by atoms with van der Waals surface area (Å²) < 4.78 is 0. The molecule has 0 radical (unpaired) electrons. The Kier molecular flexibility index (Phi) is 3.45. The van der Waals surface area contributed by atoms with Crippen LogP contribution >= 0.6 is 0 Å². The van der Waals surface area contributed by atoms with Crippen LogP contribution in [0.2, 0.25) is 0 Å². The van der Waals surface area contributed by atoms with Crippen LogP contribution in [0, 0.1) is 11.8 Å². The summed E-state index contributed by atoms with van der Waals surface area (Å²) >= 11 is 0. The molecule has 0 aromatic carbocycles. The minimum absolute atomic E-state index is 0.733. The molecule has 2 N–H and O–H groups in total. The fourth-order valence-electron chi connectivity index (χ4n) is 2.69. The molecule has 14 heavy (non-hydrogen) atoms. The van der Waals surface area contributed by atoms with Gasteiger partial charge in [-0.2, -0.15) is 0 Å². The normalized spacial score (nSPS) is 42.4. The predicted octanol–water partition coefficient (Wildman–Crippen LogP) is 1.76. The molecule has 2 fully saturated rings. The number of hydrogen-bond donors (Lipinski definition) is 2. The molecule has 4 unspecified atom stereocenters. The molecule has 0 spiro atoms. The second-order valence-corrected chi connectivity index (χ2v) is 5.16. The largest absolute Gasteiger partial charge is 0.314 e. The van der Waals surface area contributed by atoms with Crippen molar-refractivity contribution in [2.75, 3.05) is 13.1 Å². The van der Waals surface area contributed by atoms with Gasteiger partial charge >= 0.3 is 0 Å². The van der Waals surface area contributed by atoms with E-state index in [1.54, 1.807) is 0 Å². The molecule has 1 aliphatic heterocycles. The quantitative estimate of drug-likeness (QED) is 0.716. The van der Waals surface area contributed by atoms with E-state index in [4.69, 9.17) is 0 Å². The van der Waals surface area contributed by atoms with E-state index in [-0.39, 0.29) is 0 Å². The van der Waals surface area contributed by atoms with E-state index in [2.05, 4.69) is 24.5 Å². The Labute approximate surface area is 87.8 Å². The van der Waals surface area contributed by atoms with E-state index >= 15 is 0 Å². The number of nitrogens with one attached hydrogen (secondary N) is 2. The summed E-state index contributed by atoms with van der Waals surface area (Å²) in [5.41, 5.74) is 0. The Balaban J connectivity index is 1.61. The molecule has 4 atom stereocenters. The third kappa shape index (κ3) is 2.71. The maximum Gasteiger partial charge on any atom is 0.00991 e. The van der Waals surface area contributed by atoms with Crippen molar-refractivity contribution < 1.29 is 0 Å². The molecule has 2 rings (SSSR count). The van der Waals surface area contributed by atoms with Crippen molar-refractivity contribution in [3.8, 4) is 0 Å². The van der Waals surface area contributed by atoms with Gasteiger partial charge in [-0.3, -0.25) is 0 Å². The highest BCUT2D eigenvalue weighted by Gasteiger charge is 2.35. The van der Waals surface area contributed by atoms with Gasteiger partial charge in [0.25, 0.3) is 0 Å². The summed E-state index contributed by atoms with van der Waals surface area (Å²) in [5, 5.41) is 7.23. The standard InChI is InChI=1S/C12H24N2/c1-3-11-7-12(11)14-8-10-4-5-13-9(2)6-10/h9-14H,3-8H2,1-2H3. The lowest BCUT2D eigenvalue weighted by molar-refractivity contribution is 0.302. The van der Waals surface area contributed by atoms with Crippen LogP contribution in [-0.2, 0) is 0 Å². The highest BCUT2D eigenvalue weighted by atomic mass is 15.0. The molecule has 0 aromatic rings. The number of hydrogen-bond acceptors (Lipinski definition) is 2. The van der Waals surface area contributed by atoms with Gasteiger partial charge in [-0.15, -0.1) is 0 Å². The molecule has 2 nitrogen and oxygen atoms in total. The second kappa shape index (κ2) is 4.63. The molecule has 1 aliphatic carbocycles. The van der Waals surface area contributed by atoms with Gasteiger partial charge < -0.3 is 10.6 Å². The third-order valence-corrected chi connectivity index (χ3v) is 3.85. The SMILES string of the molecule is CCC1CC1NCC1CCNC(C)C1. The van der Waals surface area contributed by atoms with Gasteiger partial charge in [0.15, 0.2) is 0 Å². The number of rotatable bonds is 4. The van der Waals surface area contributed by atoms with Crippen LogP contribution in [0.5, 0.6) is 0 Å². The van der Waals surface area contributed by atoms with Gasteiger partial charge in [0, 0.05) is 12.1 Å². The summed E-state index contributed by atoms with van der Waals surface area (Å²) in [4.78, 5) is 0. The zero-order valence-corrected chi connectivity index (χ0v) is 9.55. The first-order valence-corrected chi connectivity index (χ1v) is 6.26. The highest BCUT2D eigenvalue weighted by molar-refractivity contribution is 4.92. The summed E-state index contributed by atoms with van der Waals surface area (Å²) in [6.45, 7) is 7.08. The highest BCUT2D eigenvalue weighted by Crippen LogP contribution is 2.33. The predicted molar refractivity (Wildman–Crippen MR) is 60.4 cm³/mol. The molecule has 1 saturated carbocycles. The summed E-state index contributed by atoms with van der Waals surface area (Å²) in [6.07, 6.45) is 5.51. The maximum atomic E-state index is 3.72. The fraction of sp³-hybridized carbons (Fsp3) is 1.00. The van der Waals surface area contributed by atoms with Gasteiger partial charge in [-0.05, 0) is 51.1 Å². The van der Waals surface area contributed by atoms with E-state index in [1.807, 2.05) is 0 Å². The molecule has 82 valence electrons. The number of piperidine rings is 1. The van der Waals surface area contributed by atoms with Crippen molar-refractivity contribution in [3.05, 3.63) is 0 Å². The van der Waals surface area contributed by atoms with Crippen LogP contribution in [0.25, 0.3) is 0 Å². The van der Waals surface area contributed by atoms with Crippen molar-refractivity contribution in [1.82, 2.24) is 10.6 Å². The maximum absolute atomic E-state index is 3.72. The summed E-state index contributed by atoms with van der Waals surface area (Å²) in [7, 11) is 0. The molecule has 0 aromatic heterocycles. The van der Waals surface area contributed by atoms with Crippen LogP contribution in [0.3, 0.4) is 0 Å². The third-order valence-electron chi connectivity index (χ3n) is 3.85. The van der Waals surface area contributed by atoms with Crippen molar-refractivity contribution in [2.45, 2.75) is 51.6 Å². The van der Waals surface area contributed by atoms with Crippen molar-refractivity contribution in [2.24, 2.45) is 11.8 Å². The minimum Gasteiger partial charge on any atom is -0.314 e. The van der Waals surface area contributed by atoms with Crippen molar-refractivity contribution >= 4 is 0 Å². The lowest BCUT2D eigenvalue weighted by Gasteiger charge is -2.28. The molecular formula is C12H24N2. The first-order chi connectivity index (χ1) is 6.79. The Morgan fingerprint density at radius 2 is 2.21 bits per heavy atom. The Morgan fingerprint density at radius 1 is 1.36 bits per heavy atom. The second-order valence-electron chi connectivity index (χ2n) is 5.16. The smallest absolute Gasteiger partial charge is 0.00991 e. The van der Waals surface area contributed by atoms with Crippen molar-refractivity contribution in [3.63, 3.8) is 0 Å². The van der Waals surface area contributed by atoms with Crippen molar-refractivity contribution in [1.29, 1.82) is 0 Å². The molecule has 2 heteroatoms. The van der Waals surface area contributed by atoms with Crippen LogP contribution in [0.1, 0.15) is 39.5 Å². The average molecular weight is 196 g/mol. The van der Waals surface area contributed by atoms with Crippen LogP contribution < -0.4 is 10.6 Å². The van der Waals surface area contributed by atoms with Gasteiger partial charge in [-0.1, -0.05) is 13.3 Å². The van der Waals surface area contributed by atoms with E-state index in [0.29, 0.717) is 0 Å². The zero-order chi connectivity index (χ0) is 9.97. The Bertz CT molecular complexity index is 181. The van der Waals surface area contributed by atoms with E-state index in [1.165, 1.54) is 38.8 Å². The molecule has 2 aliphatic rings. The molecule has 1 saturated heterocycles. The Hall–Kier alpha value is -0.0800. The first-order valence-electron chi connectivity index (χ1n) is 6.26. The molecule has 0 amide bonds. The minimum atomic E-state index is 0.733. The van der Waals surface area contributed by atoms with Gasteiger partial charge in [0.05, 0.1) is 0 Å². The lowest BCUT2D eigenvalue weighted by Crippen LogP contribution is -2.39. The molecule has 0 bridgehead atoms. The first kappa shape index (κ1) is 10.4. The summed E-state index contributed by atoms with van der Waals surface area (Å²) in [5.74, 6) is 1.92. The zero-order valence-electron chi connectivity index (χ0n) is 9.55. The van der Waals surface area contributed by atoms with Gasteiger partial charge in [0.2, 0.25) is 0 Å². The molecule has 1 heterocycles.